The third-order valence-corrected chi connectivity index (χ3v) is 1.91. The van der Waals surface area contributed by atoms with Crippen LogP contribution in [0.1, 0.15) is 5.56 Å². The standard InChI is InChI=1S/C10H13N3O3/c11-13-12-10(15)9(14)7-16-6-8-4-2-1-3-5-8/h1-5,9-10,14-15H,6-7H2. The van der Waals surface area contributed by atoms with E-state index in [2.05, 4.69) is 10.0 Å². The fourth-order valence-electron chi connectivity index (χ4n) is 1.09. The number of aliphatic hydroxyl groups excluding tert-OH is 2. The molecule has 2 unspecified atom stereocenters. The van der Waals surface area contributed by atoms with E-state index in [0.29, 0.717) is 6.61 Å². The monoisotopic (exact) mass is 223 g/mol. The van der Waals surface area contributed by atoms with Gasteiger partial charge in [-0.15, -0.1) is 0 Å². The van der Waals surface area contributed by atoms with E-state index >= 15 is 0 Å². The van der Waals surface area contributed by atoms with Crippen molar-refractivity contribution in [1.82, 2.24) is 0 Å². The molecule has 0 aliphatic rings. The van der Waals surface area contributed by atoms with Crippen LogP contribution in [0.4, 0.5) is 0 Å². The van der Waals surface area contributed by atoms with Gasteiger partial charge in [-0.2, -0.15) is 0 Å². The summed E-state index contributed by atoms with van der Waals surface area (Å²) in [6.07, 6.45) is -2.68. The van der Waals surface area contributed by atoms with Crippen LogP contribution < -0.4 is 0 Å². The zero-order valence-corrected chi connectivity index (χ0v) is 8.60. The average Bonchev–Trinajstić information content (AvgIpc) is 2.30. The molecule has 1 aromatic rings. The first-order valence-electron chi connectivity index (χ1n) is 4.76. The maximum atomic E-state index is 9.29. The van der Waals surface area contributed by atoms with Gasteiger partial charge in [0, 0.05) is 4.91 Å². The van der Waals surface area contributed by atoms with Gasteiger partial charge in [0.2, 0.25) is 0 Å². The Morgan fingerprint density at radius 2 is 2.00 bits per heavy atom. The van der Waals surface area contributed by atoms with E-state index in [1.807, 2.05) is 30.3 Å². The summed E-state index contributed by atoms with van der Waals surface area (Å²) in [6.45, 7) is 0.246. The minimum Gasteiger partial charge on any atom is -0.388 e. The summed E-state index contributed by atoms with van der Waals surface area (Å²) in [5.74, 6) is 0. The van der Waals surface area contributed by atoms with Crippen LogP contribution in [0.15, 0.2) is 35.4 Å². The van der Waals surface area contributed by atoms with Crippen molar-refractivity contribution < 1.29 is 14.9 Å². The highest BCUT2D eigenvalue weighted by atomic mass is 16.5. The second-order valence-electron chi connectivity index (χ2n) is 3.19. The lowest BCUT2D eigenvalue weighted by Crippen LogP contribution is -2.28. The molecule has 0 fully saturated rings. The quantitative estimate of drug-likeness (QED) is 0.430. The van der Waals surface area contributed by atoms with Crippen LogP contribution >= 0.6 is 0 Å². The Labute approximate surface area is 92.7 Å². The molecule has 0 aromatic heterocycles. The molecule has 1 aromatic carbocycles. The Kier molecular flexibility index (Phi) is 5.31. The third kappa shape index (κ3) is 4.29. The summed E-state index contributed by atoms with van der Waals surface area (Å²) >= 11 is 0. The van der Waals surface area contributed by atoms with Gasteiger partial charge in [-0.05, 0) is 11.1 Å². The van der Waals surface area contributed by atoms with E-state index in [1.165, 1.54) is 0 Å². The van der Waals surface area contributed by atoms with Gasteiger partial charge in [0.1, 0.15) is 6.10 Å². The van der Waals surface area contributed by atoms with Crippen LogP contribution in [0, 0.1) is 0 Å². The molecule has 0 spiro atoms. The highest BCUT2D eigenvalue weighted by Gasteiger charge is 2.14. The molecule has 0 radical (unpaired) electrons. The predicted molar refractivity (Wildman–Crippen MR) is 57.3 cm³/mol. The summed E-state index contributed by atoms with van der Waals surface area (Å²) in [6, 6.07) is 9.42. The Bertz CT molecular complexity index is 352. The molecule has 6 heteroatoms. The molecule has 0 heterocycles. The Morgan fingerprint density at radius 1 is 1.31 bits per heavy atom. The Morgan fingerprint density at radius 3 is 2.62 bits per heavy atom. The largest absolute Gasteiger partial charge is 0.388 e. The van der Waals surface area contributed by atoms with E-state index in [0.717, 1.165) is 5.56 Å². The average molecular weight is 223 g/mol. The maximum Gasteiger partial charge on any atom is 0.161 e. The lowest BCUT2D eigenvalue weighted by atomic mass is 10.2. The highest BCUT2D eigenvalue weighted by molar-refractivity contribution is 5.13. The van der Waals surface area contributed by atoms with Crippen molar-refractivity contribution in [2.45, 2.75) is 18.9 Å². The van der Waals surface area contributed by atoms with Gasteiger partial charge in [-0.3, -0.25) is 0 Å². The van der Waals surface area contributed by atoms with Crippen LogP contribution in [0.3, 0.4) is 0 Å². The molecule has 0 saturated heterocycles. The zero-order valence-electron chi connectivity index (χ0n) is 8.60. The SMILES string of the molecule is [N-]=[N+]=NC(O)C(O)COCc1ccccc1. The summed E-state index contributed by atoms with van der Waals surface area (Å²) in [4.78, 5) is 2.38. The fourth-order valence-corrected chi connectivity index (χ4v) is 1.09. The first kappa shape index (κ1) is 12.5. The van der Waals surface area contributed by atoms with Gasteiger partial charge in [-0.25, -0.2) is 0 Å². The summed E-state index contributed by atoms with van der Waals surface area (Å²) in [7, 11) is 0. The van der Waals surface area contributed by atoms with Crippen molar-refractivity contribution in [2.24, 2.45) is 5.11 Å². The van der Waals surface area contributed by atoms with Crippen LogP contribution in [0.5, 0.6) is 0 Å². The minimum absolute atomic E-state index is 0.0882. The lowest BCUT2D eigenvalue weighted by molar-refractivity contribution is -0.0392. The van der Waals surface area contributed by atoms with Crippen molar-refractivity contribution in [2.75, 3.05) is 6.61 Å². The molecule has 1 rings (SSSR count). The molecular formula is C10H13N3O3. The van der Waals surface area contributed by atoms with Gasteiger partial charge in [0.25, 0.3) is 0 Å². The first-order chi connectivity index (χ1) is 7.74. The predicted octanol–water partition coefficient (Wildman–Crippen LogP) is 1.19. The van der Waals surface area contributed by atoms with Crippen molar-refractivity contribution in [3.63, 3.8) is 0 Å². The molecule has 16 heavy (non-hydrogen) atoms. The van der Waals surface area contributed by atoms with Gasteiger partial charge in [0.15, 0.2) is 6.23 Å². The summed E-state index contributed by atoms with van der Waals surface area (Å²) in [5, 5.41) is 21.3. The Balaban J connectivity index is 2.28. The summed E-state index contributed by atoms with van der Waals surface area (Å²) < 4.78 is 5.16. The second-order valence-corrected chi connectivity index (χ2v) is 3.19. The maximum absolute atomic E-state index is 9.29. The molecule has 0 amide bonds. The molecular weight excluding hydrogens is 210 g/mol. The molecule has 0 saturated carbocycles. The molecule has 6 nitrogen and oxygen atoms in total. The topological polar surface area (TPSA) is 98.5 Å². The van der Waals surface area contributed by atoms with Crippen molar-refractivity contribution in [3.8, 4) is 0 Å². The normalized spacial score (nSPS) is 13.9. The second kappa shape index (κ2) is 6.81. The number of nitrogens with zero attached hydrogens (tertiary/aromatic N) is 3. The molecule has 0 bridgehead atoms. The fraction of sp³-hybridized carbons (Fsp3) is 0.400. The van der Waals surface area contributed by atoms with Crippen LogP contribution in [0.25, 0.3) is 10.4 Å². The van der Waals surface area contributed by atoms with Gasteiger partial charge >= 0.3 is 0 Å². The van der Waals surface area contributed by atoms with Gasteiger partial charge in [0.05, 0.1) is 13.2 Å². The van der Waals surface area contributed by atoms with E-state index in [9.17, 15) is 5.11 Å². The first-order valence-corrected chi connectivity index (χ1v) is 4.76. The molecule has 0 aliphatic carbocycles. The lowest BCUT2D eigenvalue weighted by Gasteiger charge is -2.13. The van der Waals surface area contributed by atoms with Crippen molar-refractivity contribution >= 4 is 0 Å². The summed E-state index contributed by atoms with van der Waals surface area (Å²) in [5.41, 5.74) is 9.00. The van der Waals surface area contributed by atoms with E-state index in [1.54, 1.807) is 0 Å². The van der Waals surface area contributed by atoms with E-state index < -0.39 is 12.3 Å². The third-order valence-electron chi connectivity index (χ3n) is 1.91. The number of azide groups is 1. The van der Waals surface area contributed by atoms with E-state index in [4.69, 9.17) is 15.4 Å². The minimum atomic E-state index is -1.47. The van der Waals surface area contributed by atoms with Crippen LogP contribution in [-0.2, 0) is 11.3 Å². The van der Waals surface area contributed by atoms with Gasteiger partial charge in [-0.1, -0.05) is 35.4 Å². The molecule has 2 N–H and O–H groups in total. The number of hydrogen-bond donors (Lipinski definition) is 2. The Hall–Kier alpha value is -1.59. The van der Waals surface area contributed by atoms with Crippen molar-refractivity contribution in [1.29, 1.82) is 0 Å². The number of aliphatic hydroxyl groups is 2. The number of hydrogen-bond acceptors (Lipinski definition) is 4. The molecule has 0 aliphatic heterocycles. The highest BCUT2D eigenvalue weighted by Crippen LogP contribution is 2.02. The zero-order chi connectivity index (χ0) is 11.8. The molecule has 86 valence electrons. The number of benzene rings is 1. The number of ether oxygens (including phenoxy) is 1. The smallest absolute Gasteiger partial charge is 0.161 e. The van der Waals surface area contributed by atoms with Gasteiger partial charge < -0.3 is 14.9 Å². The van der Waals surface area contributed by atoms with Crippen LogP contribution in [-0.4, -0.2) is 29.2 Å². The van der Waals surface area contributed by atoms with Crippen molar-refractivity contribution in [3.05, 3.63) is 46.3 Å². The van der Waals surface area contributed by atoms with E-state index in [-0.39, 0.29) is 6.61 Å². The molecule has 2 atom stereocenters. The number of rotatable bonds is 6. The van der Waals surface area contributed by atoms with Crippen LogP contribution in [0.2, 0.25) is 0 Å².